The Morgan fingerprint density at radius 1 is 1.09 bits per heavy atom. The summed E-state index contributed by atoms with van der Waals surface area (Å²) in [4.78, 5) is 23.5. The van der Waals surface area contributed by atoms with E-state index in [1.165, 1.54) is 6.07 Å². The molecule has 0 saturated carbocycles. The van der Waals surface area contributed by atoms with Gasteiger partial charge in [-0.3, -0.25) is 4.79 Å². The van der Waals surface area contributed by atoms with E-state index in [4.69, 9.17) is 27.9 Å². The zero-order chi connectivity index (χ0) is 16.1. The molecule has 0 aliphatic rings. The van der Waals surface area contributed by atoms with Crippen LogP contribution in [0.1, 0.15) is 10.4 Å². The van der Waals surface area contributed by atoms with E-state index in [-0.39, 0.29) is 0 Å². The van der Waals surface area contributed by atoms with Gasteiger partial charge in [0.25, 0.3) is 5.91 Å². The van der Waals surface area contributed by atoms with Crippen LogP contribution in [0, 0.1) is 0 Å². The van der Waals surface area contributed by atoms with Crippen LogP contribution >= 0.6 is 39.1 Å². The fraction of sp³-hybridized carbons (Fsp3) is 0.0667. The highest BCUT2D eigenvalue weighted by molar-refractivity contribution is 9.10. The molecule has 0 aliphatic carbocycles. The Kier molecular flexibility index (Phi) is 5.83. The summed E-state index contributed by atoms with van der Waals surface area (Å²) in [5.41, 5.74) is 0.718. The molecule has 114 valence electrons. The number of carbonyl (C=O) groups is 2. The van der Waals surface area contributed by atoms with Gasteiger partial charge in [-0.25, -0.2) is 4.79 Å². The first kappa shape index (κ1) is 16.8. The van der Waals surface area contributed by atoms with Crippen molar-refractivity contribution >= 4 is 56.7 Å². The first-order chi connectivity index (χ1) is 10.5. The van der Waals surface area contributed by atoms with Crippen LogP contribution in [-0.4, -0.2) is 18.5 Å². The lowest BCUT2D eigenvalue weighted by molar-refractivity contribution is -0.119. The van der Waals surface area contributed by atoms with Gasteiger partial charge in [-0.15, -0.1) is 0 Å². The van der Waals surface area contributed by atoms with Gasteiger partial charge in [0.15, 0.2) is 6.61 Å². The van der Waals surface area contributed by atoms with Gasteiger partial charge >= 0.3 is 5.97 Å². The molecule has 0 saturated heterocycles. The van der Waals surface area contributed by atoms with Gasteiger partial charge in [-0.2, -0.15) is 0 Å². The van der Waals surface area contributed by atoms with Crippen molar-refractivity contribution in [1.82, 2.24) is 0 Å². The molecular weight excluding hydrogens is 393 g/mol. The van der Waals surface area contributed by atoms with Crippen LogP contribution in [0.2, 0.25) is 10.0 Å². The normalized spacial score (nSPS) is 10.1. The van der Waals surface area contributed by atoms with Crippen molar-refractivity contribution in [2.24, 2.45) is 0 Å². The van der Waals surface area contributed by atoms with Gasteiger partial charge in [0, 0.05) is 9.50 Å². The second kappa shape index (κ2) is 7.63. The number of benzene rings is 2. The maximum absolute atomic E-state index is 11.8. The standard InChI is InChI=1S/C15H10BrCl2NO3/c16-10-3-1-9(2-4-10)15(21)22-8-14(20)19-13-7-11(17)5-6-12(13)18/h1-7H,8H2,(H,19,20). The van der Waals surface area contributed by atoms with E-state index in [1.807, 2.05) is 0 Å². The Balaban J connectivity index is 1.91. The minimum atomic E-state index is -0.583. The highest BCUT2D eigenvalue weighted by Crippen LogP contribution is 2.25. The molecule has 0 radical (unpaired) electrons. The molecule has 0 atom stereocenters. The SMILES string of the molecule is O=C(COC(=O)c1ccc(Br)cc1)Nc1cc(Cl)ccc1Cl. The van der Waals surface area contributed by atoms with Crippen molar-refractivity contribution in [3.05, 3.63) is 62.5 Å². The third-order valence-corrected chi connectivity index (χ3v) is 3.71. The Morgan fingerprint density at radius 3 is 2.45 bits per heavy atom. The molecule has 0 aromatic heterocycles. The second-order valence-corrected chi connectivity index (χ2v) is 6.01. The van der Waals surface area contributed by atoms with Crippen LogP contribution < -0.4 is 5.32 Å². The van der Waals surface area contributed by atoms with Crippen LogP contribution in [0.15, 0.2) is 46.9 Å². The molecule has 0 spiro atoms. The molecule has 0 unspecified atom stereocenters. The molecule has 0 aliphatic heterocycles. The van der Waals surface area contributed by atoms with Gasteiger partial charge in [0.05, 0.1) is 16.3 Å². The Morgan fingerprint density at radius 2 is 1.77 bits per heavy atom. The molecule has 2 aromatic rings. The highest BCUT2D eigenvalue weighted by Gasteiger charge is 2.11. The maximum atomic E-state index is 11.8. The van der Waals surface area contributed by atoms with Crippen molar-refractivity contribution in [2.45, 2.75) is 0 Å². The summed E-state index contributed by atoms with van der Waals surface area (Å²) < 4.78 is 5.77. The fourth-order valence-electron chi connectivity index (χ4n) is 1.58. The third kappa shape index (κ3) is 4.73. The second-order valence-electron chi connectivity index (χ2n) is 4.26. The Bertz CT molecular complexity index is 704. The highest BCUT2D eigenvalue weighted by atomic mass is 79.9. The lowest BCUT2D eigenvalue weighted by Gasteiger charge is -2.08. The quantitative estimate of drug-likeness (QED) is 0.763. The van der Waals surface area contributed by atoms with Gasteiger partial charge in [-0.1, -0.05) is 39.1 Å². The summed E-state index contributed by atoms with van der Waals surface area (Å²) >= 11 is 15.0. The maximum Gasteiger partial charge on any atom is 0.338 e. The molecule has 4 nitrogen and oxygen atoms in total. The van der Waals surface area contributed by atoms with E-state index in [1.54, 1.807) is 36.4 Å². The lowest BCUT2D eigenvalue weighted by atomic mass is 10.2. The van der Waals surface area contributed by atoms with Crippen molar-refractivity contribution in [3.63, 3.8) is 0 Å². The van der Waals surface area contributed by atoms with Gasteiger partial charge in [0.1, 0.15) is 0 Å². The zero-order valence-electron chi connectivity index (χ0n) is 11.1. The number of ether oxygens (including phenoxy) is 1. The lowest BCUT2D eigenvalue weighted by Crippen LogP contribution is -2.21. The third-order valence-electron chi connectivity index (χ3n) is 2.62. The van der Waals surface area contributed by atoms with Crippen LogP contribution in [0.3, 0.4) is 0 Å². The van der Waals surface area contributed by atoms with Crippen LogP contribution in [0.4, 0.5) is 5.69 Å². The van der Waals surface area contributed by atoms with Crippen molar-refractivity contribution in [1.29, 1.82) is 0 Å². The summed E-state index contributed by atoms with van der Waals surface area (Å²) in [6.07, 6.45) is 0. The Hall–Kier alpha value is -1.56. The number of amides is 1. The monoisotopic (exact) mass is 401 g/mol. The number of rotatable bonds is 4. The van der Waals surface area contributed by atoms with E-state index in [2.05, 4.69) is 21.2 Å². The summed E-state index contributed by atoms with van der Waals surface area (Å²) in [5, 5.41) is 3.31. The molecule has 22 heavy (non-hydrogen) atoms. The van der Waals surface area contributed by atoms with E-state index in [0.29, 0.717) is 21.3 Å². The van der Waals surface area contributed by atoms with Crippen LogP contribution in [0.25, 0.3) is 0 Å². The average molecular weight is 403 g/mol. The molecular formula is C15H10BrCl2NO3. The number of halogens is 3. The van der Waals surface area contributed by atoms with Crippen molar-refractivity contribution in [3.8, 4) is 0 Å². The molecule has 2 rings (SSSR count). The van der Waals surface area contributed by atoms with Crippen LogP contribution in [0.5, 0.6) is 0 Å². The van der Waals surface area contributed by atoms with Gasteiger partial charge < -0.3 is 10.1 Å². The first-order valence-electron chi connectivity index (χ1n) is 6.13. The molecule has 0 bridgehead atoms. The zero-order valence-corrected chi connectivity index (χ0v) is 14.2. The smallest absolute Gasteiger partial charge is 0.338 e. The first-order valence-corrected chi connectivity index (χ1v) is 7.68. The minimum Gasteiger partial charge on any atom is -0.452 e. The molecule has 2 aromatic carbocycles. The largest absolute Gasteiger partial charge is 0.452 e. The summed E-state index contributed by atoms with van der Waals surface area (Å²) in [6, 6.07) is 11.3. The average Bonchev–Trinajstić information content (AvgIpc) is 2.49. The number of hydrogen-bond acceptors (Lipinski definition) is 3. The van der Waals surface area contributed by atoms with E-state index < -0.39 is 18.5 Å². The number of nitrogens with one attached hydrogen (secondary N) is 1. The van der Waals surface area contributed by atoms with Crippen molar-refractivity contribution < 1.29 is 14.3 Å². The van der Waals surface area contributed by atoms with Crippen molar-refractivity contribution in [2.75, 3.05) is 11.9 Å². The summed E-state index contributed by atoms with van der Waals surface area (Å²) in [5.74, 6) is -1.09. The van der Waals surface area contributed by atoms with E-state index >= 15 is 0 Å². The van der Waals surface area contributed by atoms with E-state index in [0.717, 1.165) is 4.47 Å². The molecule has 0 heterocycles. The Labute approximate surface area is 145 Å². The predicted molar refractivity (Wildman–Crippen MR) is 89.5 cm³/mol. The number of carbonyl (C=O) groups excluding carboxylic acids is 2. The molecule has 0 fully saturated rings. The number of esters is 1. The van der Waals surface area contributed by atoms with E-state index in [9.17, 15) is 9.59 Å². The minimum absolute atomic E-state index is 0.344. The van der Waals surface area contributed by atoms with Gasteiger partial charge in [-0.05, 0) is 42.5 Å². The number of hydrogen-bond donors (Lipinski definition) is 1. The summed E-state index contributed by atoms with van der Waals surface area (Å²) in [6.45, 7) is -0.419. The topological polar surface area (TPSA) is 55.4 Å². The molecule has 1 amide bonds. The predicted octanol–water partition coefficient (Wildman–Crippen LogP) is 4.55. The fourth-order valence-corrected chi connectivity index (χ4v) is 2.18. The molecule has 1 N–H and O–H groups in total. The van der Waals surface area contributed by atoms with Gasteiger partial charge in [0.2, 0.25) is 0 Å². The van der Waals surface area contributed by atoms with Crippen LogP contribution in [-0.2, 0) is 9.53 Å². The summed E-state index contributed by atoms with van der Waals surface area (Å²) in [7, 11) is 0. The molecule has 7 heteroatoms. The number of anilines is 1.